The minimum Gasteiger partial charge on any atom is -0.359 e. The third kappa shape index (κ3) is 2.94. The highest BCUT2D eigenvalue weighted by molar-refractivity contribution is 5.94. The zero-order valence-corrected chi connectivity index (χ0v) is 11.6. The van der Waals surface area contributed by atoms with Gasteiger partial charge >= 0.3 is 0 Å². The van der Waals surface area contributed by atoms with Gasteiger partial charge in [0.05, 0.1) is 0 Å². The van der Waals surface area contributed by atoms with Gasteiger partial charge in [-0.05, 0) is 60.3 Å². The van der Waals surface area contributed by atoms with Crippen molar-refractivity contribution in [1.29, 1.82) is 0 Å². The maximum Gasteiger partial charge on any atom is 0.251 e. The predicted octanol–water partition coefficient (Wildman–Crippen LogP) is 3.55. The van der Waals surface area contributed by atoms with Crippen LogP contribution >= 0.6 is 0 Å². The number of aromatic nitrogens is 1. The Hall–Kier alpha value is -2.62. The number of carbonyl (C=O) groups is 1. The van der Waals surface area contributed by atoms with E-state index in [0.29, 0.717) is 12.1 Å². The Morgan fingerprint density at radius 1 is 1.14 bits per heavy atom. The molecule has 2 N–H and O–H groups in total. The highest BCUT2D eigenvalue weighted by atomic mass is 19.1. The fourth-order valence-electron chi connectivity index (χ4n) is 2.32. The van der Waals surface area contributed by atoms with Gasteiger partial charge in [0.1, 0.15) is 5.82 Å². The lowest BCUT2D eigenvalue weighted by molar-refractivity contribution is 0.0951. The van der Waals surface area contributed by atoms with E-state index in [-0.39, 0.29) is 11.7 Å². The summed E-state index contributed by atoms with van der Waals surface area (Å²) in [7, 11) is 0. The molecule has 0 fully saturated rings. The number of nitrogens with one attached hydrogen (secondary N) is 2. The van der Waals surface area contributed by atoms with Crippen molar-refractivity contribution in [3.8, 4) is 0 Å². The fourth-order valence-corrected chi connectivity index (χ4v) is 2.32. The molecule has 0 atom stereocenters. The van der Waals surface area contributed by atoms with Gasteiger partial charge in [0, 0.05) is 23.3 Å². The number of fused-ring (bicyclic) bond motifs is 1. The van der Waals surface area contributed by atoms with Gasteiger partial charge in [0.15, 0.2) is 0 Å². The van der Waals surface area contributed by atoms with Crippen molar-refractivity contribution in [3.05, 3.63) is 71.2 Å². The van der Waals surface area contributed by atoms with Crippen LogP contribution in [0.3, 0.4) is 0 Å². The van der Waals surface area contributed by atoms with E-state index in [9.17, 15) is 9.18 Å². The minimum absolute atomic E-state index is 0.208. The van der Waals surface area contributed by atoms with Crippen molar-refractivity contribution >= 4 is 16.8 Å². The van der Waals surface area contributed by atoms with Crippen LogP contribution in [0.5, 0.6) is 0 Å². The van der Waals surface area contributed by atoms with Gasteiger partial charge in [-0.3, -0.25) is 4.79 Å². The quantitative estimate of drug-likeness (QED) is 0.758. The van der Waals surface area contributed by atoms with E-state index >= 15 is 0 Å². The van der Waals surface area contributed by atoms with Crippen LogP contribution in [-0.4, -0.2) is 10.9 Å². The van der Waals surface area contributed by atoms with Crippen molar-refractivity contribution in [3.63, 3.8) is 0 Å². The number of amides is 1. The van der Waals surface area contributed by atoms with Gasteiger partial charge in [0.25, 0.3) is 5.91 Å². The fraction of sp³-hybridized carbons (Fsp3) is 0.118. The number of aryl methyl sites for hydroxylation is 1. The van der Waals surface area contributed by atoms with Gasteiger partial charge < -0.3 is 10.3 Å². The van der Waals surface area contributed by atoms with Crippen molar-refractivity contribution in [2.75, 3.05) is 0 Å². The summed E-state index contributed by atoms with van der Waals surface area (Å²) >= 11 is 0. The van der Waals surface area contributed by atoms with Crippen LogP contribution in [0, 0.1) is 12.7 Å². The molecule has 0 bridgehead atoms. The molecule has 2 aromatic carbocycles. The smallest absolute Gasteiger partial charge is 0.251 e. The number of halogens is 1. The average molecular weight is 282 g/mol. The van der Waals surface area contributed by atoms with E-state index in [2.05, 4.69) is 16.4 Å². The van der Waals surface area contributed by atoms with Crippen LogP contribution in [-0.2, 0) is 6.54 Å². The Balaban J connectivity index is 1.70. The number of H-pyrrole nitrogens is 1. The molecule has 3 aromatic rings. The number of benzene rings is 2. The average Bonchev–Trinajstić information content (AvgIpc) is 2.84. The van der Waals surface area contributed by atoms with Crippen molar-refractivity contribution < 1.29 is 9.18 Å². The zero-order valence-electron chi connectivity index (χ0n) is 11.6. The zero-order chi connectivity index (χ0) is 14.8. The second-order valence-corrected chi connectivity index (χ2v) is 5.06. The largest absolute Gasteiger partial charge is 0.359 e. The number of rotatable bonds is 3. The molecule has 0 aliphatic carbocycles. The van der Waals surface area contributed by atoms with Gasteiger partial charge in [-0.2, -0.15) is 0 Å². The molecule has 0 aliphatic rings. The van der Waals surface area contributed by atoms with E-state index < -0.39 is 0 Å². The SMILES string of the molecule is Cc1cc2cc(CNC(=O)c3ccc(F)cc3)ccc2[nH]1. The van der Waals surface area contributed by atoms with E-state index in [1.165, 1.54) is 24.3 Å². The minimum atomic E-state index is -0.347. The van der Waals surface area contributed by atoms with E-state index in [1.54, 1.807) is 0 Å². The van der Waals surface area contributed by atoms with Crippen LogP contribution < -0.4 is 5.32 Å². The molecule has 21 heavy (non-hydrogen) atoms. The summed E-state index contributed by atoms with van der Waals surface area (Å²) < 4.78 is 12.8. The van der Waals surface area contributed by atoms with Gasteiger partial charge in [-0.25, -0.2) is 4.39 Å². The third-order valence-corrected chi connectivity index (χ3v) is 3.38. The molecule has 3 nitrogen and oxygen atoms in total. The molecule has 1 aromatic heterocycles. The molecule has 0 saturated heterocycles. The Morgan fingerprint density at radius 3 is 2.67 bits per heavy atom. The highest BCUT2D eigenvalue weighted by Crippen LogP contribution is 2.16. The second kappa shape index (κ2) is 5.40. The summed E-state index contributed by atoms with van der Waals surface area (Å²) in [5.74, 6) is -0.555. The lowest BCUT2D eigenvalue weighted by Gasteiger charge is -2.05. The predicted molar refractivity (Wildman–Crippen MR) is 80.6 cm³/mol. The van der Waals surface area contributed by atoms with Crippen molar-refractivity contribution in [2.24, 2.45) is 0 Å². The maximum absolute atomic E-state index is 12.8. The van der Waals surface area contributed by atoms with E-state index in [0.717, 1.165) is 22.2 Å². The molecule has 1 heterocycles. The monoisotopic (exact) mass is 282 g/mol. The number of hydrogen-bond acceptors (Lipinski definition) is 1. The first-order valence-electron chi connectivity index (χ1n) is 6.74. The maximum atomic E-state index is 12.8. The van der Waals surface area contributed by atoms with Crippen LogP contribution in [0.2, 0.25) is 0 Å². The molecular weight excluding hydrogens is 267 g/mol. The summed E-state index contributed by atoms with van der Waals surface area (Å²) in [6.45, 7) is 2.45. The van der Waals surface area contributed by atoms with Crippen molar-refractivity contribution in [1.82, 2.24) is 10.3 Å². The topological polar surface area (TPSA) is 44.9 Å². The first-order chi connectivity index (χ1) is 10.1. The Labute approximate surface area is 121 Å². The summed E-state index contributed by atoms with van der Waals surface area (Å²) in [6, 6.07) is 13.6. The normalized spacial score (nSPS) is 10.8. The Morgan fingerprint density at radius 2 is 1.90 bits per heavy atom. The molecule has 0 spiro atoms. The van der Waals surface area contributed by atoms with Gasteiger partial charge in [-0.15, -0.1) is 0 Å². The molecule has 106 valence electrons. The first kappa shape index (κ1) is 13.4. The third-order valence-electron chi connectivity index (χ3n) is 3.38. The molecule has 0 radical (unpaired) electrons. The lowest BCUT2D eigenvalue weighted by atomic mass is 10.1. The number of aromatic amines is 1. The molecule has 4 heteroatoms. The molecular formula is C17H15FN2O. The Kier molecular flexibility index (Phi) is 3.44. The highest BCUT2D eigenvalue weighted by Gasteiger charge is 2.06. The molecule has 0 saturated carbocycles. The first-order valence-corrected chi connectivity index (χ1v) is 6.74. The lowest BCUT2D eigenvalue weighted by Crippen LogP contribution is -2.22. The van der Waals surface area contributed by atoms with Crippen LogP contribution in [0.15, 0.2) is 48.5 Å². The molecule has 1 amide bonds. The molecule has 0 aliphatic heterocycles. The number of carbonyl (C=O) groups excluding carboxylic acids is 1. The summed E-state index contributed by atoms with van der Waals surface area (Å²) in [5, 5.41) is 3.96. The van der Waals surface area contributed by atoms with Crippen molar-refractivity contribution in [2.45, 2.75) is 13.5 Å². The molecule has 3 rings (SSSR count). The van der Waals surface area contributed by atoms with Gasteiger partial charge in [0.2, 0.25) is 0 Å². The summed E-state index contributed by atoms with van der Waals surface area (Å²) in [6.07, 6.45) is 0. The molecule has 0 unspecified atom stereocenters. The van der Waals surface area contributed by atoms with Crippen LogP contribution in [0.4, 0.5) is 4.39 Å². The van der Waals surface area contributed by atoms with Gasteiger partial charge in [-0.1, -0.05) is 6.07 Å². The second-order valence-electron chi connectivity index (χ2n) is 5.06. The van der Waals surface area contributed by atoms with E-state index in [4.69, 9.17) is 0 Å². The summed E-state index contributed by atoms with van der Waals surface area (Å²) in [4.78, 5) is 15.2. The van der Waals surface area contributed by atoms with E-state index in [1.807, 2.05) is 25.1 Å². The summed E-state index contributed by atoms with van der Waals surface area (Å²) in [5.41, 5.74) is 3.67. The van der Waals surface area contributed by atoms with Crippen LogP contribution in [0.1, 0.15) is 21.6 Å². The standard InChI is InChI=1S/C17H15FN2O/c1-11-8-14-9-12(2-7-16(14)20-11)10-19-17(21)13-3-5-15(18)6-4-13/h2-9,20H,10H2,1H3,(H,19,21). The number of hydrogen-bond donors (Lipinski definition) is 2. The Bertz CT molecular complexity index is 790. The van der Waals surface area contributed by atoms with Crippen LogP contribution in [0.25, 0.3) is 10.9 Å².